The van der Waals surface area contributed by atoms with Gasteiger partial charge in [0.05, 0.1) is 17.1 Å². The highest BCUT2D eigenvalue weighted by molar-refractivity contribution is 6.32. The van der Waals surface area contributed by atoms with Gasteiger partial charge in [0.25, 0.3) is 0 Å². The van der Waals surface area contributed by atoms with Crippen LogP contribution in [0.5, 0.6) is 5.75 Å². The molecule has 0 saturated carbocycles. The molecule has 4 rings (SSSR count). The summed E-state index contributed by atoms with van der Waals surface area (Å²) >= 11 is 6.17. The molecule has 1 aromatic heterocycles. The topological polar surface area (TPSA) is 53.3 Å². The van der Waals surface area contributed by atoms with Crippen molar-refractivity contribution in [3.63, 3.8) is 0 Å². The zero-order chi connectivity index (χ0) is 23.9. The molecule has 0 aliphatic rings. The van der Waals surface area contributed by atoms with Crippen molar-refractivity contribution in [2.24, 2.45) is 0 Å². The maximum absolute atomic E-state index is 12.9. The molecule has 172 valence electrons. The number of aromatic nitrogens is 2. The number of carbonyl (C=O) groups excluding carboxylic acids is 1. The first-order chi connectivity index (χ1) is 16.5. The number of nitrogens with zero attached hydrogens (tertiary/aromatic N) is 2. The molecule has 3 aromatic carbocycles. The van der Waals surface area contributed by atoms with Crippen LogP contribution < -0.4 is 4.74 Å². The van der Waals surface area contributed by atoms with E-state index in [0.29, 0.717) is 41.1 Å². The molecule has 0 N–H and O–H groups in total. The Hall–Kier alpha value is -3.83. The predicted molar refractivity (Wildman–Crippen MR) is 135 cm³/mol. The van der Waals surface area contributed by atoms with Crippen LogP contribution in [-0.2, 0) is 11.3 Å². The molecule has 0 aliphatic heterocycles. The molecule has 6 heteroatoms. The molecule has 0 amide bonds. The highest BCUT2D eigenvalue weighted by atomic mass is 35.5. The monoisotopic (exact) mass is 472 g/mol. The maximum Gasteiger partial charge on any atom is 0.343 e. The number of ether oxygens (including phenoxy) is 2. The van der Waals surface area contributed by atoms with Crippen LogP contribution >= 0.6 is 11.6 Å². The van der Waals surface area contributed by atoms with Crippen molar-refractivity contribution >= 4 is 29.4 Å². The Labute approximate surface area is 204 Å². The van der Waals surface area contributed by atoms with Crippen LogP contribution in [0, 0.1) is 13.8 Å². The van der Waals surface area contributed by atoms with E-state index in [9.17, 15) is 4.79 Å². The van der Waals surface area contributed by atoms with Gasteiger partial charge in [-0.05, 0) is 38.1 Å². The Morgan fingerprint density at radius 2 is 1.59 bits per heavy atom. The first-order valence-electron chi connectivity index (χ1n) is 11.0. The van der Waals surface area contributed by atoms with Gasteiger partial charge < -0.3 is 14.0 Å². The maximum atomic E-state index is 12.9. The summed E-state index contributed by atoms with van der Waals surface area (Å²) in [6.45, 7) is 4.94. The van der Waals surface area contributed by atoms with E-state index in [1.165, 1.54) is 0 Å². The van der Waals surface area contributed by atoms with Crippen LogP contribution in [0.4, 0.5) is 0 Å². The Bertz CT molecular complexity index is 1290. The Morgan fingerprint density at radius 3 is 2.26 bits per heavy atom. The average molecular weight is 473 g/mol. The van der Waals surface area contributed by atoms with E-state index in [1.54, 1.807) is 30.5 Å². The fraction of sp³-hybridized carbons (Fsp3) is 0.143. The summed E-state index contributed by atoms with van der Waals surface area (Å²) in [4.78, 5) is 17.3. The van der Waals surface area contributed by atoms with E-state index in [0.717, 1.165) is 16.7 Å². The van der Waals surface area contributed by atoms with Gasteiger partial charge in [-0.2, -0.15) is 0 Å². The summed E-state index contributed by atoms with van der Waals surface area (Å²) in [5, 5.41) is 0.568. The summed E-state index contributed by atoms with van der Waals surface area (Å²) in [5.74, 6) is 1.28. The number of benzene rings is 3. The molecular weight excluding hydrogens is 448 g/mol. The van der Waals surface area contributed by atoms with Crippen molar-refractivity contribution in [3.8, 4) is 5.75 Å². The Kier molecular flexibility index (Phi) is 7.45. The van der Waals surface area contributed by atoms with Crippen molar-refractivity contribution in [1.29, 1.82) is 0 Å². The van der Waals surface area contributed by atoms with E-state index in [2.05, 4.69) is 4.98 Å². The molecule has 0 unspecified atom stereocenters. The van der Waals surface area contributed by atoms with Gasteiger partial charge in [-0.15, -0.1) is 0 Å². The smallest absolute Gasteiger partial charge is 0.343 e. The average Bonchev–Trinajstić information content (AvgIpc) is 3.27. The summed E-state index contributed by atoms with van der Waals surface area (Å²) < 4.78 is 13.6. The van der Waals surface area contributed by atoms with Crippen LogP contribution in [-0.4, -0.2) is 22.1 Å². The lowest BCUT2D eigenvalue weighted by Crippen LogP contribution is -2.10. The fourth-order valence-electron chi connectivity index (χ4n) is 3.32. The lowest BCUT2D eigenvalue weighted by molar-refractivity contribution is 0.0693. The second-order valence-corrected chi connectivity index (χ2v) is 8.30. The lowest BCUT2D eigenvalue weighted by Gasteiger charge is -2.12. The van der Waals surface area contributed by atoms with Crippen molar-refractivity contribution in [2.45, 2.75) is 20.4 Å². The normalized spacial score (nSPS) is 11.3. The molecule has 0 radical (unpaired) electrons. The zero-order valence-electron chi connectivity index (χ0n) is 19.1. The number of hydrogen-bond donors (Lipinski definition) is 0. The molecule has 0 saturated heterocycles. The highest BCUT2D eigenvalue weighted by Gasteiger charge is 2.14. The Balaban J connectivity index is 1.56. The number of carbonyl (C=O) groups is 1. The van der Waals surface area contributed by atoms with Gasteiger partial charge >= 0.3 is 5.97 Å². The third-order valence-corrected chi connectivity index (χ3v) is 5.57. The molecule has 34 heavy (non-hydrogen) atoms. The molecule has 0 fully saturated rings. The van der Waals surface area contributed by atoms with Crippen LogP contribution in [0.3, 0.4) is 0 Å². The van der Waals surface area contributed by atoms with Crippen molar-refractivity contribution in [3.05, 3.63) is 118 Å². The first-order valence-corrected chi connectivity index (χ1v) is 11.3. The number of hydrogen-bond acceptors (Lipinski definition) is 4. The van der Waals surface area contributed by atoms with Crippen molar-refractivity contribution < 1.29 is 14.3 Å². The van der Waals surface area contributed by atoms with Gasteiger partial charge in [0, 0.05) is 24.0 Å². The molecule has 0 aliphatic carbocycles. The minimum atomic E-state index is -0.424. The van der Waals surface area contributed by atoms with E-state index >= 15 is 0 Å². The zero-order valence-corrected chi connectivity index (χ0v) is 19.8. The van der Waals surface area contributed by atoms with Crippen molar-refractivity contribution in [2.75, 3.05) is 6.61 Å². The van der Waals surface area contributed by atoms with E-state index in [1.807, 2.05) is 79.2 Å². The lowest BCUT2D eigenvalue weighted by atomic mass is 10.1. The number of esters is 1. The largest absolute Gasteiger partial charge is 0.490 e. The van der Waals surface area contributed by atoms with Crippen LogP contribution in [0.2, 0.25) is 5.02 Å². The van der Waals surface area contributed by atoms with Gasteiger partial charge in [-0.25, -0.2) is 9.78 Å². The number of para-hydroxylation sites is 1. The second-order valence-electron chi connectivity index (χ2n) is 7.89. The SMILES string of the molecule is Cc1ccc(C(=O)OC(=Cc2nccn2CCOc2ccccc2Cl)c2ccc(C)cc2)cc1. The molecule has 0 atom stereocenters. The van der Waals surface area contributed by atoms with Crippen LogP contribution in [0.25, 0.3) is 11.8 Å². The van der Waals surface area contributed by atoms with Gasteiger partial charge in [-0.3, -0.25) is 0 Å². The van der Waals surface area contributed by atoms with Crippen LogP contribution in [0.15, 0.2) is 85.2 Å². The van der Waals surface area contributed by atoms with E-state index in [4.69, 9.17) is 21.1 Å². The minimum Gasteiger partial charge on any atom is -0.490 e. The molecule has 0 bridgehead atoms. The van der Waals surface area contributed by atoms with Crippen molar-refractivity contribution in [1.82, 2.24) is 9.55 Å². The number of imidazole rings is 1. The minimum absolute atomic E-state index is 0.407. The molecule has 5 nitrogen and oxygen atoms in total. The third-order valence-electron chi connectivity index (χ3n) is 5.26. The van der Waals surface area contributed by atoms with Gasteiger partial charge in [0.15, 0.2) is 0 Å². The molecular formula is C28H25ClN2O3. The van der Waals surface area contributed by atoms with Crippen LogP contribution in [0.1, 0.15) is 32.9 Å². The predicted octanol–water partition coefficient (Wildman–Crippen LogP) is 6.59. The first kappa shape index (κ1) is 23.3. The standard InChI is InChI=1S/C28H25ClN2O3/c1-20-7-11-22(12-8-20)26(34-28(32)23-13-9-21(2)10-14-23)19-27-30-15-16-31(27)17-18-33-25-6-4-3-5-24(25)29/h3-16,19H,17-18H2,1-2H3. The van der Waals surface area contributed by atoms with E-state index < -0.39 is 5.97 Å². The van der Waals surface area contributed by atoms with E-state index in [-0.39, 0.29) is 0 Å². The second kappa shape index (κ2) is 10.9. The summed E-state index contributed by atoms with van der Waals surface area (Å²) in [7, 11) is 0. The van der Waals surface area contributed by atoms with Gasteiger partial charge in [0.2, 0.25) is 0 Å². The number of aryl methyl sites for hydroxylation is 2. The summed E-state index contributed by atoms with van der Waals surface area (Å²) in [6, 6.07) is 22.5. The quantitative estimate of drug-likeness (QED) is 0.214. The Morgan fingerprint density at radius 1 is 0.941 bits per heavy atom. The van der Waals surface area contributed by atoms with Gasteiger partial charge in [-0.1, -0.05) is 71.3 Å². The highest BCUT2D eigenvalue weighted by Crippen LogP contribution is 2.24. The summed E-state index contributed by atoms with van der Waals surface area (Å²) in [5.41, 5.74) is 3.46. The van der Waals surface area contributed by atoms with Gasteiger partial charge in [0.1, 0.15) is 23.9 Å². The fourth-order valence-corrected chi connectivity index (χ4v) is 3.51. The molecule has 1 heterocycles. The summed E-state index contributed by atoms with van der Waals surface area (Å²) in [6.07, 6.45) is 5.33. The molecule has 4 aromatic rings. The number of rotatable bonds is 8. The number of halogens is 1. The molecule has 0 spiro atoms. The third kappa shape index (κ3) is 5.94.